The molecule has 3 rings (SSSR count). The minimum Gasteiger partial charge on any atom is -0.300 e. The van der Waals surface area contributed by atoms with Gasteiger partial charge in [-0.25, -0.2) is 4.98 Å². The van der Waals surface area contributed by atoms with Gasteiger partial charge in [0.1, 0.15) is 0 Å². The van der Waals surface area contributed by atoms with E-state index in [9.17, 15) is 0 Å². The number of likely N-dealkylation sites (tertiary alicyclic amines) is 1. The third-order valence-corrected chi connectivity index (χ3v) is 5.40. The van der Waals surface area contributed by atoms with E-state index in [1.807, 2.05) is 11.3 Å². The fourth-order valence-corrected chi connectivity index (χ4v) is 4.05. The highest BCUT2D eigenvalue weighted by Gasteiger charge is 2.25. The molecule has 2 heterocycles. The number of nitrogens with zero attached hydrogens (tertiary/aromatic N) is 3. The zero-order chi connectivity index (χ0) is 13.9. The smallest absolute Gasteiger partial charge is 0.0970 e. The minimum atomic E-state index is 0.385. The molecule has 1 aliphatic heterocycles. The fourth-order valence-electron chi connectivity index (χ4n) is 2.91. The van der Waals surface area contributed by atoms with Gasteiger partial charge >= 0.3 is 0 Å². The molecule has 2 aromatic rings. The predicted molar refractivity (Wildman–Crippen MR) is 82.9 cm³/mol. The molecule has 1 saturated heterocycles. The second-order valence-electron chi connectivity index (χ2n) is 5.54. The number of nitriles is 1. The van der Waals surface area contributed by atoms with Crippen molar-refractivity contribution in [1.82, 2.24) is 9.88 Å². The van der Waals surface area contributed by atoms with Gasteiger partial charge in [-0.3, -0.25) is 4.90 Å². The Morgan fingerprint density at radius 2 is 2.15 bits per heavy atom. The van der Waals surface area contributed by atoms with E-state index in [0.717, 1.165) is 31.4 Å². The highest BCUT2D eigenvalue weighted by atomic mass is 32.1. The minimum absolute atomic E-state index is 0.385. The van der Waals surface area contributed by atoms with Gasteiger partial charge in [0.25, 0.3) is 0 Å². The Bertz CT molecular complexity index is 587. The zero-order valence-electron chi connectivity index (χ0n) is 11.7. The summed E-state index contributed by atoms with van der Waals surface area (Å²) in [6.45, 7) is 4.33. The number of para-hydroxylation sites is 1. The summed E-state index contributed by atoms with van der Waals surface area (Å²) in [5.74, 6) is 0.595. The fraction of sp³-hybridized carbons (Fsp3) is 0.500. The molecule has 1 fully saturated rings. The quantitative estimate of drug-likeness (QED) is 0.861. The Balaban J connectivity index is 1.67. The first-order valence-electron chi connectivity index (χ1n) is 7.24. The SMILES string of the molecule is CC(CC#N)N1CCC(c2nc3ccccc3s2)CC1. The van der Waals surface area contributed by atoms with Crippen molar-refractivity contribution >= 4 is 21.6 Å². The van der Waals surface area contributed by atoms with Crippen LogP contribution in [0.5, 0.6) is 0 Å². The summed E-state index contributed by atoms with van der Waals surface area (Å²) in [5.41, 5.74) is 1.13. The average Bonchev–Trinajstić information content (AvgIpc) is 2.91. The summed E-state index contributed by atoms with van der Waals surface area (Å²) < 4.78 is 1.29. The van der Waals surface area contributed by atoms with Crippen LogP contribution in [0, 0.1) is 11.3 Å². The Kier molecular flexibility index (Phi) is 4.00. The molecule has 1 atom stereocenters. The summed E-state index contributed by atoms with van der Waals surface area (Å²) in [6, 6.07) is 11.0. The average molecular weight is 285 g/mol. The van der Waals surface area contributed by atoms with E-state index in [2.05, 4.69) is 42.2 Å². The van der Waals surface area contributed by atoms with Crippen LogP contribution in [0.15, 0.2) is 24.3 Å². The number of thiazole rings is 1. The van der Waals surface area contributed by atoms with Crippen LogP contribution in [0.25, 0.3) is 10.2 Å². The van der Waals surface area contributed by atoms with Gasteiger partial charge in [0.2, 0.25) is 0 Å². The molecule has 104 valence electrons. The summed E-state index contributed by atoms with van der Waals surface area (Å²) in [4.78, 5) is 7.23. The lowest BCUT2D eigenvalue weighted by Crippen LogP contribution is -2.39. The monoisotopic (exact) mass is 285 g/mol. The van der Waals surface area contributed by atoms with Crippen molar-refractivity contribution in [2.75, 3.05) is 13.1 Å². The summed E-state index contributed by atoms with van der Waals surface area (Å²) >= 11 is 1.84. The molecular weight excluding hydrogens is 266 g/mol. The first-order chi connectivity index (χ1) is 9.78. The molecule has 0 amide bonds. The molecule has 0 radical (unpaired) electrons. The molecule has 0 N–H and O–H groups in total. The second-order valence-corrected chi connectivity index (χ2v) is 6.60. The highest BCUT2D eigenvalue weighted by molar-refractivity contribution is 7.18. The van der Waals surface area contributed by atoms with E-state index in [1.165, 1.54) is 9.71 Å². The largest absolute Gasteiger partial charge is 0.300 e. The molecule has 0 aliphatic carbocycles. The molecule has 0 spiro atoms. The van der Waals surface area contributed by atoms with Gasteiger partial charge in [0.15, 0.2) is 0 Å². The van der Waals surface area contributed by atoms with Gasteiger partial charge < -0.3 is 0 Å². The van der Waals surface area contributed by atoms with E-state index in [0.29, 0.717) is 18.4 Å². The van der Waals surface area contributed by atoms with E-state index in [4.69, 9.17) is 10.2 Å². The van der Waals surface area contributed by atoms with E-state index < -0.39 is 0 Å². The Hall–Kier alpha value is -1.44. The molecule has 1 aromatic carbocycles. The van der Waals surface area contributed by atoms with Crippen molar-refractivity contribution in [3.05, 3.63) is 29.3 Å². The van der Waals surface area contributed by atoms with Gasteiger partial charge in [-0.15, -0.1) is 11.3 Å². The predicted octanol–water partition coefficient (Wildman–Crippen LogP) is 3.78. The number of piperidine rings is 1. The molecule has 3 nitrogen and oxygen atoms in total. The van der Waals surface area contributed by atoms with Crippen LogP contribution < -0.4 is 0 Å². The Morgan fingerprint density at radius 3 is 2.85 bits per heavy atom. The van der Waals surface area contributed by atoms with Crippen LogP contribution in [0.4, 0.5) is 0 Å². The van der Waals surface area contributed by atoms with Crippen molar-refractivity contribution in [3.63, 3.8) is 0 Å². The second kappa shape index (κ2) is 5.90. The maximum absolute atomic E-state index is 8.79. The third-order valence-electron chi connectivity index (χ3n) is 4.20. The summed E-state index contributed by atoms with van der Waals surface area (Å²) in [7, 11) is 0. The highest BCUT2D eigenvalue weighted by Crippen LogP contribution is 2.34. The van der Waals surface area contributed by atoms with Gasteiger partial charge in [0.05, 0.1) is 27.7 Å². The lowest BCUT2D eigenvalue weighted by molar-refractivity contribution is 0.163. The lowest BCUT2D eigenvalue weighted by atomic mass is 9.96. The number of hydrogen-bond acceptors (Lipinski definition) is 4. The van der Waals surface area contributed by atoms with E-state index in [1.54, 1.807) is 0 Å². The topological polar surface area (TPSA) is 39.9 Å². The van der Waals surface area contributed by atoms with Gasteiger partial charge in [-0.2, -0.15) is 5.26 Å². The van der Waals surface area contributed by atoms with Crippen molar-refractivity contribution < 1.29 is 0 Å². The van der Waals surface area contributed by atoms with Crippen molar-refractivity contribution in [1.29, 1.82) is 5.26 Å². The van der Waals surface area contributed by atoms with Crippen LogP contribution in [0.3, 0.4) is 0 Å². The van der Waals surface area contributed by atoms with Crippen LogP contribution in [0.2, 0.25) is 0 Å². The molecule has 20 heavy (non-hydrogen) atoms. The van der Waals surface area contributed by atoms with E-state index >= 15 is 0 Å². The molecule has 0 bridgehead atoms. The number of benzene rings is 1. The molecule has 1 aliphatic rings. The number of hydrogen-bond donors (Lipinski definition) is 0. The summed E-state index contributed by atoms with van der Waals surface area (Å²) in [6.07, 6.45) is 2.96. The third kappa shape index (κ3) is 2.70. The first-order valence-corrected chi connectivity index (χ1v) is 8.06. The Morgan fingerprint density at radius 1 is 1.40 bits per heavy atom. The molecule has 1 aromatic heterocycles. The lowest BCUT2D eigenvalue weighted by Gasteiger charge is -2.34. The van der Waals surface area contributed by atoms with Crippen LogP contribution >= 0.6 is 11.3 Å². The maximum Gasteiger partial charge on any atom is 0.0970 e. The zero-order valence-corrected chi connectivity index (χ0v) is 12.6. The molecule has 1 unspecified atom stereocenters. The van der Waals surface area contributed by atoms with E-state index in [-0.39, 0.29) is 0 Å². The van der Waals surface area contributed by atoms with Crippen molar-refractivity contribution in [2.45, 2.75) is 38.1 Å². The van der Waals surface area contributed by atoms with Gasteiger partial charge in [-0.05, 0) is 45.0 Å². The van der Waals surface area contributed by atoms with Crippen LogP contribution in [0.1, 0.15) is 37.1 Å². The van der Waals surface area contributed by atoms with Gasteiger partial charge in [0, 0.05) is 12.0 Å². The van der Waals surface area contributed by atoms with Crippen molar-refractivity contribution in [3.8, 4) is 6.07 Å². The number of aromatic nitrogens is 1. The normalized spacial score (nSPS) is 19.0. The van der Waals surface area contributed by atoms with Gasteiger partial charge in [-0.1, -0.05) is 12.1 Å². The standard InChI is InChI=1S/C16H19N3S/c1-12(6-9-17)19-10-7-13(8-11-19)16-18-14-4-2-3-5-15(14)20-16/h2-5,12-13H,6-8,10-11H2,1H3. The first kappa shape index (κ1) is 13.5. The summed E-state index contributed by atoms with van der Waals surface area (Å²) in [5, 5.41) is 10.1. The molecule has 4 heteroatoms. The number of fused-ring (bicyclic) bond motifs is 1. The van der Waals surface area contributed by atoms with Crippen LogP contribution in [-0.4, -0.2) is 29.0 Å². The maximum atomic E-state index is 8.79. The Labute approximate surface area is 123 Å². The molecular formula is C16H19N3S. The van der Waals surface area contributed by atoms with Crippen molar-refractivity contribution in [2.24, 2.45) is 0 Å². The molecule has 0 saturated carbocycles. The van der Waals surface area contributed by atoms with Crippen LogP contribution in [-0.2, 0) is 0 Å². The number of rotatable bonds is 3.